The molecule has 2 aromatic heterocycles. The fourth-order valence-electron chi connectivity index (χ4n) is 4.52. The molecule has 154 valence electrons. The molecule has 2 aliphatic rings. The summed E-state index contributed by atoms with van der Waals surface area (Å²) >= 11 is 0. The van der Waals surface area contributed by atoms with Gasteiger partial charge in [0.25, 0.3) is 5.56 Å². The summed E-state index contributed by atoms with van der Waals surface area (Å²) in [6.45, 7) is 1.93. The first kappa shape index (κ1) is 19.8. The van der Waals surface area contributed by atoms with Crippen molar-refractivity contribution in [2.75, 3.05) is 20.1 Å². The summed E-state index contributed by atoms with van der Waals surface area (Å²) in [6, 6.07) is 7.42. The third kappa shape index (κ3) is 4.72. The lowest BCUT2D eigenvalue weighted by Gasteiger charge is -2.33. The van der Waals surface area contributed by atoms with Gasteiger partial charge in [0, 0.05) is 36.6 Å². The molecule has 3 heterocycles. The third-order valence-corrected chi connectivity index (χ3v) is 6.17. The molecule has 29 heavy (non-hydrogen) atoms. The monoisotopic (exact) mass is 395 g/mol. The van der Waals surface area contributed by atoms with E-state index in [1.54, 1.807) is 29.2 Å². The lowest BCUT2D eigenvalue weighted by Crippen LogP contribution is -2.46. The molecule has 0 radical (unpaired) electrons. The van der Waals surface area contributed by atoms with Gasteiger partial charge in [-0.2, -0.15) is 5.10 Å². The van der Waals surface area contributed by atoms with Crippen LogP contribution in [0.15, 0.2) is 41.5 Å². The van der Waals surface area contributed by atoms with Crippen molar-refractivity contribution in [2.24, 2.45) is 5.92 Å². The van der Waals surface area contributed by atoms with Crippen molar-refractivity contribution in [1.29, 1.82) is 0 Å². The average Bonchev–Trinajstić information content (AvgIpc) is 2.75. The van der Waals surface area contributed by atoms with Gasteiger partial charge in [0.1, 0.15) is 0 Å². The van der Waals surface area contributed by atoms with Crippen LogP contribution < -0.4 is 10.9 Å². The van der Waals surface area contributed by atoms with Crippen molar-refractivity contribution >= 4 is 5.91 Å². The third-order valence-electron chi connectivity index (χ3n) is 6.17. The molecule has 7 heteroatoms. The molecule has 0 bridgehead atoms. The Morgan fingerprint density at radius 1 is 1.14 bits per heavy atom. The van der Waals surface area contributed by atoms with Crippen LogP contribution in [0.1, 0.15) is 44.6 Å². The van der Waals surface area contributed by atoms with E-state index in [-0.39, 0.29) is 29.5 Å². The van der Waals surface area contributed by atoms with Crippen LogP contribution in [0.2, 0.25) is 0 Å². The molecule has 1 saturated carbocycles. The summed E-state index contributed by atoms with van der Waals surface area (Å²) in [4.78, 5) is 31.4. The van der Waals surface area contributed by atoms with E-state index < -0.39 is 0 Å². The molecule has 1 atom stereocenters. The zero-order chi connectivity index (χ0) is 20.2. The molecule has 1 aliphatic heterocycles. The van der Waals surface area contributed by atoms with Gasteiger partial charge in [0.15, 0.2) is 0 Å². The van der Waals surface area contributed by atoms with Crippen molar-refractivity contribution in [3.05, 3.63) is 47.0 Å². The van der Waals surface area contributed by atoms with Crippen LogP contribution in [-0.4, -0.2) is 51.8 Å². The van der Waals surface area contributed by atoms with E-state index in [2.05, 4.69) is 27.3 Å². The molecule has 1 N–H and O–H groups in total. The Bertz CT molecular complexity index is 890. The number of hydrogen-bond acceptors (Lipinski definition) is 5. The highest BCUT2D eigenvalue weighted by Gasteiger charge is 2.29. The van der Waals surface area contributed by atoms with Gasteiger partial charge in [0.05, 0.1) is 17.7 Å². The van der Waals surface area contributed by atoms with Gasteiger partial charge in [-0.1, -0.05) is 0 Å². The van der Waals surface area contributed by atoms with Gasteiger partial charge in [-0.15, -0.1) is 0 Å². The predicted octanol–water partition coefficient (Wildman–Crippen LogP) is 2.25. The predicted molar refractivity (Wildman–Crippen MR) is 111 cm³/mol. The largest absolute Gasteiger partial charge is 0.353 e. The zero-order valence-electron chi connectivity index (χ0n) is 17.0. The lowest BCUT2D eigenvalue weighted by atomic mass is 9.90. The van der Waals surface area contributed by atoms with Gasteiger partial charge in [-0.05, 0) is 70.3 Å². The second kappa shape index (κ2) is 8.86. The fourth-order valence-corrected chi connectivity index (χ4v) is 4.52. The van der Waals surface area contributed by atoms with E-state index in [9.17, 15) is 9.59 Å². The fraction of sp³-hybridized carbons (Fsp3) is 0.545. The number of nitrogens with one attached hydrogen (secondary N) is 1. The molecule has 0 spiro atoms. The van der Waals surface area contributed by atoms with Gasteiger partial charge in [-0.3, -0.25) is 14.6 Å². The van der Waals surface area contributed by atoms with Crippen molar-refractivity contribution in [1.82, 2.24) is 25.0 Å². The van der Waals surface area contributed by atoms with Gasteiger partial charge >= 0.3 is 0 Å². The number of rotatable bonds is 4. The summed E-state index contributed by atoms with van der Waals surface area (Å²) in [6.07, 6.45) is 8.99. The highest BCUT2D eigenvalue weighted by Crippen LogP contribution is 2.28. The zero-order valence-corrected chi connectivity index (χ0v) is 17.0. The molecular weight excluding hydrogens is 366 g/mol. The van der Waals surface area contributed by atoms with Gasteiger partial charge < -0.3 is 10.2 Å². The second-order valence-corrected chi connectivity index (χ2v) is 8.36. The molecule has 1 unspecified atom stereocenters. The number of pyridine rings is 1. The van der Waals surface area contributed by atoms with Crippen molar-refractivity contribution in [2.45, 2.75) is 50.6 Å². The topological polar surface area (TPSA) is 80.1 Å². The Labute approximate surface area is 171 Å². The maximum absolute atomic E-state index is 12.6. The first-order valence-corrected chi connectivity index (χ1v) is 10.6. The molecule has 1 saturated heterocycles. The second-order valence-electron chi connectivity index (χ2n) is 8.36. The van der Waals surface area contributed by atoms with E-state index in [4.69, 9.17) is 0 Å². The molecule has 1 amide bonds. The van der Waals surface area contributed by atoms with Crippen LogP contribution in [0.5, 0.6) is 0 Å². The molecule has 7 nitrogen and oxygen atoms in total. The molecule has 4 rings (SSSR count). The molecular formula is C22H29N5O2. The molecule has 1 aliphatic carbocycles. The number of aromatic nitrogens is 3. The lowest BCUT2D eigenvalue weighted by molar-refractivity contribution is -0.127. The van der Waals surface area contributed by atoms with Gasteiger partial charge in [-0.25, -0.2) is 4.68 Å². The summed E-state index contributed by atoms with van der Waals surface area (Å²) in [7, 11) is 2.08. The standard InChI is InChI=1S/C22H29N5O2/c1-26-13-3-5-17(15-26)22(29)24-18-6-8-19(9-7-18)27-21(28)11-10-20(25-27)16-4-2-12-23-14-16/h2,4,10-12,14,17-19H,3,5-9,13,15H2,1H3,(H,24,29). The van der Waals surface area contributed by atoms with Crippen molar-refractivity contribution < 1.29 is 4.79 Å². The minimum atomic E-state index is -0.0737. The van der Waals surface area contributed by atoms with E-state index in [1.165, 1.54) is 0 Å². The summed E-state index contributed by atoms with van der Waals surface area (Å²) in [5.41, 5.74) is 1.59. The normalized spacial score (nSPS) is 25.5. The first-order valence-electron chi connectivity index (χ1n) is 10.6. The van der Waals surface area contributed by atoms with Crippen LogP contribution in [-0.2, 0) is 4.79 Å². The summed E-state index contributed by atoms with van der Waals surface area (Å²) in [5.74, 6) is 0.292. The number of hydrogen-bond donors (Lipinski definition) is 1. The molecule has 0 aromatic carbocycles. The highest BCUT2D eigenvalue weighted by atomic mass is 16.2. The SMILES string of the molecule is CN1CCCC(C(=O)NC2CCC(n3nc(-c4cccnc4)ccc3=O)CC2)C1. The minimum Gasteiger partial charge on any atom is -0.353 e. The summed E-state index contributed by atoms with van der Waals surface area (Å²) < 4.78 is 1.62. The van der Waals surface area contributed by atoms with E-state index in [1.807, 2.05) is 12.1 Å². The van der Waals surface area contributed by atoms with Crippen molar-refractivity contribution in [3.63, 3.8) is 0 Å². The Balaban J connectivity index is 1.37. The highest BCUT2D eigenvalue weighted by molar-refractivity contribution is 5.79. The Hall–Kier alpha value is -2.54. The molecule has 2 fully saturated rings. The smallest absolute Gasteiger partial charge is 0.267 e. The number of likely N-dealkylation sites (tertiary alicyclic amines) is 1. The number of piperidine rings is 1. The average molecular weight is 396 g/mol. The van der Waals surface area contributed by atoms with E-state index >= 15 is 0 Å². The van der Waals surface area contributed by atoms with Gasteiger partial charge in [0.2, 0.25) is 5.91 Å². The number of nitrogens with zero attached hydrogens (tertiary/aromatic N) is 4. The van der Waals surface area contributed by atoms with Crippen LogP contribution >= 0.6 is 0 Å². The number of carbonyl (C=O) groups is 1. The summed E-state index contributed by atoms with van der Waals surface area (Å²) in [5, 5.41) is 7.86. The number of amides is 1. The Morgan fingerprint density at radius 2 is 1.97 bits per heavy atom. The molecule has 2 aromatic rings. The quantitative estimate of drug-likeness (QED) is 0.859. The van der Waals surface area contributed by atoms with Crippen LogP contribution in [0.4, 0.5) is 0 Å². The van der Waals surface area contributed by atoms with E-state index in [0.29, 0.717) is 0 Å². The minimum absolute atomic E-state index is 0.0737. The first-order chi connectivity index (χ1) is 14.1. The Kier molecular flexibility index (Phi) is 6.04. The van der Waals surface area contributed by atoms with Crippen LogP contribution in [0.3, 0.4) is 0 Å². The van der Waals surface area contributed by atoms with Crippen molar-refractivity contribution in [3.8, 4) is 11.3 Å². The number of carbonyl (C=O) groups excluding carboxylic acids is 1. The van der Waals surface area contributed by atoms with E-state index in [0.717, 1.165) is 62.9 Å². The van der Waals surface area contributed by atoms with Crippen LogP contribution in [0, 0.1) is 5.92 Å². The maximum Gasteiger partial charge on any atom is 0.267 e. The Morgan fingerprint density at radius 3 is 2.69 bits per heavy atom. The van der Waals surface area contributed by atoms with Crippen LogP contribution in [0.25, 0.3) is 11.3 Å². The maximum atomic E-state index is 12.6.